The fourth-order valence-electron chi connectivity index (χ4n) is 3.75. The van der Waals surface area contributed by atoms with Crippen LogP contribution in [-0.2, 0) is 0 Å². The lowest BCUT2D eigenvalue weighted by atomic mass is 9.97. The summed E-state index contributed by atoms with van der Waals surface area (Å²) in [7, 11) is 1.86. The van der Waals surface area contributed by atoms with Crippen molar-refractivity contribution in [3.05, 3.63) is 39.9 Å². The van der Waals surface area contributed by atoms with Gasteiger partial charge in [-0.25, -0.2) is 9.97 Å². The second kappa shape index (κ2) is 7.68. The number of anilines is 1. The standard InChI is InChI=1S/C19H22Cl2N8/c1-11(9-27(3)23-2)28-6-4-5-12(10-28)17-25-18-14-7-13(20)8-15(21)16(14)24-19(22)29(18)26-17/h7-9,12H,2,4-6,10H2,1,3H3,(H2,22,24)/b11-9+/t12-/m1/s1. The molecule has 2 aromatic heterocycles. The van der Waals surface area contributed by atoms with Crippen LogP contribution in [0.4, 0.5) is 5.95 Å². The molecule has 0 aliphatic carbocycles. The van der Waals surface area contributed by atoms with Gasteiger partial charge in [0.05, 0.1) is 10.5 Å². The van der Waals surface area contributed by atoms with Gasteiger partial charge >= 0.3 is 0 Å². The number of hydrogen-bond acceptors (Lipinski definition) is 7. The summed E-state index contributed by atoms with van der Waals surface area (Å²) in [5, 5.41) is 12.0. The molecule has 0 spiro atoms. The molecule has 2 N–H and O–H groups in total. The summed E-state index contributed by atoms with van der Waals surface area (Å²) in [6.07, 6.45) is 4.01. The average molecular weight is 433 g/mol. The maximum absolute atomic E-state index is 6.31. The Morgan fingerprint density at radius 1 is 1.38 bits per heavy atom. The summed E-state index contributed by atoms with van der Waals surface area (Å²) < 4.78 is 1.57. The van der Waals surface area contributed by atoms with Crippen LogP contribution in [0.1, 0.15) is 31.5 Å². The van der Waals surface area contributed by atoms with Crippen LogP contribution in [0.3, 0.4) is 0 Å². The quantitative estimate of drug-likeness (QED) is 0.498. The topological polar surface area (TPSA) is 87.9 Å². The number of rotatable bonds is 4. The minimum absolute atomic E-state index is 0.179. The monoisotopic (exact) mass is 432 g/mol. The van der Waals surface area contributed by atoms with Gasteiger partial charge in [-0.1, -0.05) is 23.2 Å². The molecule has 1 aromatic carbocycles. The van der Waals surface area contributed by atoms with Gasteiger partial charge in [0, 0.05) is 55.1 Å². The van der Waals surface area contributed by atoms with Crippen molar-refractivity contribution >= 4 is 52.4 Å². The number of nitrogen functional groups attached to an aromatic ring is 1. The van der Waals surface area contributed by atoms with Gasteiger partial charge in [-0.3, -0.25) is 5.01 Å². The molecule has 0 saturated carbocycles. The van der Waals surface area contributed by atoms with Gasteiger partial charge in [-0.05, 0) is 31.9 Å². The number of aromatic nitrogens is 4. The molecule has 3 heterocycles. The van der Waals surface area contributed by atoms with Crippen LogP contribution in [0, 0.1) is 0 Å². The van der Waals surface area contributed by atoms with Crippen molar-refractivity contribution in [2.45, 2.75) is 25.7 Å². The summed E-state index contributed by atoms with van der Waals surface area (Å²) in [6, 6.07) is 3.44. The number of likely N-dealkylation sites (tertiary alicyclic amines) is 1. The van der Waals surface area contributed by atoms with Crippen molar-refractivity contribution in [2.75, 3.05) is 25.9 Å². The molecule has 1 saturated heterocycles. The van der Waals surface area contributed by atoms with Gasteiger partial charge in [0.1, 0.15) is 0 Å². The predicted molar refractivity (Wildman–Crippen MR) is 117 cm³/mol. The Morgan fingerprint density at radius 3 is 2.93 bits per heavy atom. The van der Waals surface area contributed by atoms with E-state index in [1.807, 2.05) is 13.2 Å². The highest BCUT2D eigenvalue weighted by molar-refractivity contribution is 6.38. The van der Waals surface area contributed by atoms with Crippen molar-refractivity contribution in [2.24, 2.45) is 5.10 Å². The van der Waals surface area contributed by atoms with E-state index in [2.05, 4.69) is 33.7 Å². The number of nitrogens with zero attached hydrogens (tertiary/aromatic N) is 7. The van der Waals surface area contributed by atoms with Crippen molar-refractivity contribution in [3.8, 4) is 0 Å². The number of fused-ring (bicyclic) bond motifs is 3. The van der Waals surface area contributed by atoms with Crippen molar-refractivity contribution < 1.29 is 0 Å². The van der Waals surface area contributed by atoms with Gasteiger partial charge in [0.25, 0.3) is 0 Å². The summed E-state index contributed by atoms with van der Waals surface area (Å²) in [4.78, 5) is 11.5. The molecule has 1 atom stereocenters. The minimum Gasteiger partial charge on any atom is -0.373 e. The summed E-state index contributed by atoms with van der Waals surface area (Å²) in [5.41, 5.74) is 8.45. The van der Waals surface area contributed by atoms with Crippen molar-refractivity contribution in [3.63, 3.8) is 0 Å². The average Bonchev–Trinajstić information content (AvgIpc) is 3.15. The number of hydrogen-bond donors (Lipinski definition) is 1. The van der Waals surface area contributed by atoms with E-state index in [9.17, 15) is 0 Å². The normalized spacial score (nSPS) is 17.9. The molecule has 0 unspecified atom stereocenters. The van der Waals surface area contributed by atoms with Crippen LogP contribution >= 0.6 is 23.2 Å². The molecular formula is C19H22Cl2N8. The van der Waals surface area contributed by atoms with E-state index < -0.39 is 0 Å². The molecule has 1 aliphatic heterocycles. The van der Waals surface area contributed by atoms with Crippen LogP contribution in [0.15, 0.2) is 29.1 Å². The Bertz CT molecular complexity index is 1120. The molecular weight excluding hydrogens is 411 g/mol. The first-order chi connectivity index (χ1) is 13.9. The van der Waals surface area contributed by atoms with Crippen LogP contribution < -0.4 is 5.73 Å². The lowest BCUT2D eigenvalue weighted by molar-refractivity contribution is 0.249. The zero-order valence-electron chi connectivity index (χ0n) is 16.3. The fraction of sp³-hybridized carbons (Fsp3) is 0.368. The number of nitrogens with two attached hydrogens (primary N) is 1. The van der Waals surface area contributed by atoms with E-state index in [-0.39, 0.29) is 11.9 Å². The lowest BCUT2D eigenvalue weighted by Gasteiger charge is -2.34. The number of piperidine rings is 1. The molecule has 10 heteroatoms. The fourth-order valence-corrected chi connectivity index (χ4v) is 4.28. The maximum Gasteiger partial charge on any atom is 0.223 e. The van der Waals surface area contributed by atoms with Gasteiger partial charge in [0.2, 0.25) is 5.95 Å². The summed E-state index contributed by atoms with van der Waals surface area (Å²) >= 11 is 12.5. The Morgan fingerprint density at radius 2 is 2.17 bits per heavy atom. The zero-order chi connectivity index (χ0) is 20.7. The predicted octanol–water partition coefficient (Wildman–Crippen LogP) is 3.75. The van der Waals surface area contributed by atoms with E-state index in [0.717, 1.165) is 42.8 Å². The van der Waals surface area contributed by atoms with Crippen LogP contribution in [0.5, 0.6) is 0 Å². The minimum atomic E-state index is 0.179. The maximum atomic E-state index is 6.31. The first-order valence-corrected chi connectivity index (χ1v) is 10.1. The van der Waals surface area contributed by atoms with Gasteiger partial charge in [0.15, 0.2) is 11.5 Å². The highest BCUT2D eigenvalue weighted by atomic mass is 35.5. The third-order valence-electron chi connectivity index (χ3n) is 5.22. The highest BCUT2D eigenvalue weighted by Gasteiger charge is 2.26. The first kappa shape index (κ1) is 19.7. The largest absolute Gasteiger partial charge is 0.373 e. The molecule has 1 aliphatic rings. The Hall–Kier alpha value is -2.58. The van der Waals surface area contributed by atoms with Crippen LogP contribution in [-0.4, -0.2) is 56.3 Å². The smallest absolute Gasteiger partial charge is 0.223 e. The first-order valence-electron chi connectivity index (χ1n) is 9.31. The zero-order valence-corrected chi connectivity index (χ0v) is 17.8. The molecule has 29 heavy (non-hydrogen) atoms. The second-order valence-corrected chi connectivity index (χ2v) is 8.07. The van der Waals surface area contributed by atoms with Crippen molar-refractivity contribution in [1.29, 1.82) is 0 Å². The van der Waals surface area contributed by atoms with Crippen LogP contribution in [0.25, 0.3) is 16.6 Å². The third-order valence-corrected chi connectivity index (χ3v) is 5.72. The van der Waals surface area contributed by atoms with E-state index in [4.69, 9.17) is 33.9 Å². The lowest BCUT2D eigenvalue weighted by Crippen LogP contribution is -2.34. The Balaban J connectivity index is 1.73. The molecule has 4 rings (SSSR count). The summed E-state index contributed by atoms with van der Waals surface area (Å²) in [6.45, 7) is 7.41. The molecule has 0 bridgehead atoms. The number of hydrazone groups is 1. The number of allylic oxidation sites excluding steroid dienone is 1. The molecule has 0 amide bonds. The SMILES string of the molecule is C=NN(C)/C=C(\C)N1CCC[C@@H](c2nc3c4cc(Cl)cc(Cl)c4nc(N)n3n2)C1. The van der Waals surface area contributed by atoms with Crippen LogP contribution in [0.2, 0.25) is 10.0 Å². The third kappa shape index (κ3) is 3.70. The highest BCUT2D eigenvalue weighted by Crippen LogP contribution is 2.32. The Labute approximate surface area is 178 Å². The van der Waals surface area contributed by atoms with E-state index in [1.165, 1.54) is 0 Å². The van der Waals surface area contributed by atoms with Gasteiger partial charge in [-0.2, -0.15) is 9.62 Å². The van der Waals surface area contributed by atoms with E-state index in [1.54, 1.807) is 21.7 Å². The molecule has 8 nitrogen and oxygen atoms in total. The molecule has 0 radical (unpaired) electrons. The molecule has 1 fully saturated rings. The van der Waals surface area contributed by atoms with Gasteiger partial charge < -0.3 is 10.6 Å². The second-order valence-electron chi connectivity index (χ2n) is 7.23. The molecule has 3 aromatic rings. The number of benzene rings is 1. The van der Waals surface area contributed by atoms with Gasteiger partial charge in [-0.15, -0.1) is 5.10 Å². The van der Waals surface area contributed by atoms with E-state index in [0.29, 0.717) is 21.2 Å². The number of halogens is 2. The van der Waals surface area contributed by atoms with E-state index >= 15 is 0 Å². The van der Waals surface area contributed by atoms with Crippen molar-refractivity contribution in [1.82, 2.24) is 29.5 Å². The summed E-state index contributed by atoms with van der Waals surface area (Å²) in [5.74, 6) is 1.17. The Kier molecular flexibility index (Phi) is 5.23. The molecule has 152 valence electrons.